The first-order valence-corrected chi connectivity index (χ1v) is 8.56. The Bertz CT molecular complexity index is 475. The fourth-order valence-corrected chi connectivity index (χ4v) is 3.17. The second kappa shape index (κ2) is 7.77. The van der Waals surface area contributed by atoms with Gasteiger partial charge in [0.15, 0.2) is 0 Å². The predicted molar refractivity (Wildman–Crippen MR) is 93.3 cm³/mol. The van der Waals surface area contributed by atoms with Crippen molar-refractivity contribution in [1.29, 1.82) is 0 Å². The Morgan fingerprint density at radius 3 is 2.50 bits per heavy atom. The Kier molecular flexibility index (Phi) is 6.01. The average Bonchev–Trinajstić information content (AvgIpc) is 2.55. The normalized spacial score (nSPS) is 20.0. The highest BCUT2D eigenvalue weighted by Gasteiger charge is 2.23. The van der Waals surface area contributed by atoms with Crippen molar-refractivity contribution in [3.63, 3.8) is 0 Å². The molecule has 3 heteroatoms. The summed E-state index contributed by atoms with van der Waals surface area (Å²) in [6, 6.07) is 8.36. The summed E-state index contributed by atoms with van der Waals surface area (Å²) >= 11 is 0. The molecule has 0 bridgehead atoms. The number of benzene rings is 1. The van der Waals surface area contributed by atoms with Crippen LogP contribution in [-0.4, -0.2) is 26.0 Å². The summed E-state index contributed by atoms with van der Waals surface area (Å²) in [6.45, 7) is 8.76. The van der Waals surface area contributed by atoms with Crippen LogP contribution in [0.3, 0.4) is 0 Å². The van der Waals surface area contributed by atoms with Gasteiger partial charge in [0.25, 0.3) is 0 Å². The number of hydrogen-bond donors (Lipinski definition) is 1. The molecule has 2 unspecified atom stereocenters. The third-order valence-electron chi connectivity index (χ3n) is 4.96. The summed E-state index contributed by atoms with van der Waals surface area (Å²) in [5.74, 6) is 1.82. The van der Waals surface area contributed by atoms with Crippen LogP contribution in [0.2, 0.25) is 0 Å². The van der Waals surface area contributed by atoms with E-state index in [2.05, 4.69) is 50.4 Å². The van der Waals surface area contributed by atoms with Gasteiger partial charge in [0.1, 0.15) is 0 Å². The zero-order chi connectivity index (χ0) is 16.1. The quantitative estimate of drug-likeness (QED) is 0.897. The largest absolute Gasteiger partial charge is 0.316 e. The van der Waals surface area contributed by atoms with Gasteiger partial charge in [0.2, 0.25) is 5.91 Å². The molecule has 1 fully saturated rings. The van der Waals surface area contributed by atoms with Crippen LogP contribution in [0.4, 0.5) is 5.69 Å². The topological polar surface area (TPSA) is 32.3 Å². The van der Waals surface area contributed by atoms with Crippen molar-refractivity contribution in [3.8, 4) is 0 Å². The van der Waals surface area contributed by atoms with Crippen molar-refractivity contribution in [2.45, 2.75) is 46.0 Å². The van der Waals surface area contributed by atoms with E-state index in [0.29, 0.717) is 24.2 Å². The summed E-state index contributed by atoms with van der Waals surface area (Å²) in [6.07, 6.45) is 3.11. The van der Waals surface area contributed by atoms with E-state index in [1.165, 1.54) is 18.4 Å². The molecule has 2 rings (SSSR count). The van der Waals surface area contributed by atoms with E-state index >= 15 is 0 Å². The molecule has 0 saturated carbocycles. The van der Waals surface area contributed by atoms with Crippen molar-refractivity contribution in [1.82, 2.24) is 5.32 Å². The zero-order valence-electron chi connectivity index (χ0n) is 14.4. The molecular formula is C19H30N2O. The van der Waals surface area contributed by atoms with Crippen molar-refractivity contribution in [2.24, 2.45) is 11.8 Å². The highest BCUT2D eigenvalue weighted by Crippen LogP contribution is 2.25. The Labute approximate surface area is 135 Å². The monoisotopic (exact) mass is 302 g/mol. The van der Waals surface area contributed by atoms with Gasteiger partial charge in [0, 0.05) is 19.2 Å². The highest BCUT2D eigenvalue weighted by atomic mass is 16.2. The van der Waals surface area contributed by atoms with E-state index in [9.17, 15) is 4.79 Å². The molecular weight excluding hydrogens is 272 g/mol. The number of nitrogens with zero attached hydrogens (tertiary/aromatic N) is 1. The van der Waals surface area contributed by atoms with Crippen LogP contribution in [-0.2, 0) is 4.79 Å². The van der Waals surface area contributed by atoms with E-state index in [-0.39, 0.29) is 5.91 Å². The minimum Gasteiger partial charge on any atom is -0.316 e. The van der Waals surface area contributed by atoms with Crippen LogP contribution in [0.1, 0.15) is 51.5 Å². The first kappa shape index (κ1) is 17.0. The summed E-state index contributed by atoms with van der Waals surface area (Å²) in [4.78, 5) is 14.3. The second-order valence-electron chi connectivity index (χ2n) is 6.99. The van der Waals surface area contributed by atoms with Crippen LogP contribution in [0, 0.1) is 11.8 Å². The summed E-state index contributed by atoms with van der Waals surface area (Å²) in [5, 5.41) is 3.44. The number of nitrogens with one attached hydrogen (secondary N) is 1. The zero-order valence-corrected chi connectivity index (χ0v) is 14.4. The van der Waals surface area contributed by atoms with Gasteiger partial charge in [-0.25, -0.2) is 0 Å². The van der Waals surface area contributed by atoms with Gasteiger partial charge < -0.3 is 10.2 Å². The minimum atomic E-state index is 0.218. The number of anilines is 1. The highest BCUT2D eigenvalue weighted by molar-refractivity contribution is 5.92. The van der Waals surface area contributed by atoms with Crippen molar-refractivity contribution >= 4 is 11.6 Å². The maximum Gasteiger partial charge on any atom is 0.226 e. The lowest BCUT2D eigenvalue weighted by Gasteiger charge is -2.29. The summed E-state index contributed by atoms with van der Waals surface area (Å²) < 4.78 is 0. The van der Waals surface area contributed by atoms with Crippen molar-refractivity contribution in [3.05, 3.63) is 29.8 Å². The van der Waals surface area contributed by atoms with Crippen LogP contribution in [0.25, 0.3) is 0 Å². The Hall–Kier alpha value is -1.35. The maximum absolute atomic E-state index is 12.5. The summed E-state index contributed by atoms with van der Waals surface area (Å²) in [5.41, 5.74) is 2.30. The molecule has 1 N–H and O–H groups in total. The smallest absolute Gasteiger partial charge is 0.226 e. The van der Waals surface area contributed by atoms with Crippen LogP contribution < -0.4 is 10.2 Å². The van der Waals surface area contributed by atoms with Gasteiger partial charge in [-0.2, -0.15) is 0 Å². The molecule has 1 aromatic rings. The fourth-order valence-electron chi connectivity index (χ4n) is 3.17. The van der Waals surface area contributed by atoms with Gasteiger partial charge >= 0.3 is 0 Å². The van der Waals surface area contributed by atoms with Gasteiger partial charge in [-0.15, -0.1) is 0 Å². The standard InChI is InChI=1S/C19H30N2O/c1-14(2)16-7-9-18(10-8-16)21(4)19(22)12-15(3)17-6-5-11-20-13-17/h7-10,14-15,17,20H,5-6,11-13H2,1-4H3. The van der Waals surface area contributed by atoms with Crippen molar-refractivity contribution < 1.29 is 4.79 Å². The van der Waals surface area contributed by atoms with Crippen LogP contribution in [0.15, 0.2) is 24.3 Å². The second-order valence-corrected chi connectivity index (χ2v) is 6.99. The van der Waals surface area contributed by atoms with Gasteiger partial charge in [-0.3, -0.25) is 4.79 Å². The average molecular weight is 302 g/mol. The molecule has 1 aliphatic heterocycles. The molecule has 0 radical (unpaired) electrons. The number of rotatable bonds is 5. The Morgan fingerprint density at radius 1 is 1.27 bits per heavy atom. The number of amides is 1. The first-order valence-electron chi connectivity index (χ1n) is 8.56. The van der Waals surface area contributed by atoms with E-state index in [1.807, 2.05) is 7.05 Å². The third-order valence-corrected chi connectivity index (χ3v) is 4.96. The van der Waals surface area contributed by atoms with Gasteiger partial charge in [0.05, 0.1) is 0 Å². The molecule has 22 heavy (non-hydrogen) atoms. The minimum absolute atomic E-state index is 0.218. The SMILES string of the molecule is CC(C)c1ccc(N(C)C(=O)CC(C)C2CCCNC2)cc1. The number of carbonyl (C=O) groups is 1. The first-order chi connectivity index (χ1) is 10.5. The third kappa shape index (κ3) is 4.33. The molecule has 2 atom stereocenters. The molecule has 0 aromatic heterocycles. The predicted octanol–water partition coefficient (Wildman–Crippen LogP) is 3.80. The number of hydrogen-bond acceptors (Lipinski definition) is 2. The van der Waals surface area contributed by atoms with E-state index in [1.54, 1.807) is 4.90 Å². The van der Waals surface area contributed by atoms with E-state index in [4.69, 9.17) is 0 Å². The molecule has 0 spiro atoms. The molecule has 0 aliphatic carbocycles. The molecule has 1 aliphatic rings. The van der Waals surface area contributed by atoms with Crippen molar-refractivity contribution in [2.75, 3.05) is 25.0 Å². The number of carbonyl (C=O) groups excluding carboxylic acids is 1. The summed E-state index contributed by atoms with van der Waals surface area (Å²) in [7, 11) is 1.89. The number of piperidine rings is 1. The molecule has 1 saturated heterocycles. The molecule has 3 nitrogen and oxygen atoms in total. The lowest BCUT2D eigenvalue weighted by Crippen LogP contribution is -2.36. The van der Waals surface area contributed by atoms with E-state index < -0.39 is 0 Å². The van der Waals surface area contributed by atoms with Crippen LogP contribution >= 0.6 is 0 Å². The Morgan fingerprint density at radius 2 is 1.95 bits per heavy atom. The molecule has 122 valence electrons. The van der Waals surface area contributed by atoms with E-state index in [0.717, 1.165) is 18.8 Å². The fraction of sp³-hybridized carbons (Fsp3) is 0.632. The Balaban J connectivity index is 1.93. The molecule has 1 aromatic carbocycles. The van der Waals surface area contributed by atoms with Gasteiger partial charge in [-0.05, 0) is 61.4 Å². The maximum atomic E-state index is 12.5. The molecule has 1 heterocycles. The van der Waals surface area contributed by atoms with Crippen LogP contribution in [0.5, 0.6) is 0 Å². The lowest BCUT2D eigenvalue weighted by molar-refractivity contribution is -0.119. The van der Waals surface area contributed by atoms with Gasteiger partial charge in [-0.1, -0.05) is 32.9 Å². The lowest BCUT2D eigenvalue weighted by atomic mass is 9.85. The molecule has 1 amide bonds.